The van der Waals surface area contributed by atoms with Crippen LogP contribution in [0.15, 0.2) is 59.6 Å². The lowest BCUT2D eigenvalue weighted by atomic mass is 10.1. The van der Waals surface area contributed by atoms with Crippen LogP contribution in [0.5, 0.6) is 11.5 Å². The largest absolute Gasteiger partial charge is 0.493 e. The Hall–Kier alpha value is -2.90. The molecule has 168 valence electrons. The van der Waals surface area contributed by atoms with Crippen LogP contribution in [0.3, 0.4) is 0 Å². The molecule has 1 N–H and O–H groups in total. The van der Waals surface area contributed by atoms with E-state index in [1.807, 2.05) is 22.9 Å². The Kier molecular flexibility index (Phi) is 6.22. The molecule has 32 heavy (non-hydrogen) atoms. The first-order valence-electron chi connectivity index (χ1n) is 10.5. The lowest BCUT2D eigenvalue weighted by molar-refractivity contribution is 0.0276. The van der Waals surface area contributed by atoms with E-state index < -0.39 is 5.60 Å². The van der Waals surface area contributed by atoms with Gasteiger partial charge in [-0.15, -0.1) is 11.8 Å². The van der Waals surface area contributed by atoms with Gasteiger partial charge in [-0.3, -0.25) is 4.79 Å². The van der Waals surface area contributed by atoms with Crippen LogP contribution in [0, 0.1) is 0 Å². The van der Waals surface area contributed by atoms with Crippen molar-refractivity contribution in [2.75, 3.05) is 31.4 Å². The fourth-order valence-corrected chi connectivity index (χ4v) is 4.12. The number of thioether (sulfide) groups is 1. The highest BCUT2D eigenvalue weighted by atomic mass is 32.2. The highest BCUT2D eigenvalue weighted by molar-refractivity contribution is 7.98. The number of rotatable bonds is 7. The molecule has 0 radical (unpaired) electrons. The van der Waals surface area contributed by atoms with Gasteiger partial charge in [0, 0.05) is 41.5 Å². The van der Waals surface area contributed by atoms with Crippen molar-refractivity contribution in [3.63, 3.8) is 0 Å². The second-order valence-electron chi connectivity index (χ2n) is 8.43. The summed E-state index contributed by atoms with van der Waals surface area (Å²) in [5.74, 6) is 1.01. The van der Waals surface area contributed by atoms with Crippen LogP contribution in [0.25, 0.3) is 11.1 Å². The lowest BCUT2D eigenvalue weighted by Gasteiger charge is -2.29. The standard InChI is InChI=1S/C25H28N2O4S/c1-25(2,29)16-31-22-10-7-19(14-23(22)30-3)27-12-11-26-15-18(13-21(26)24(27)28)17-5-8-20(32-4)9-6-17/h5-10,13-15,29H,11-12,16H2,1-4H3. The van der Waals surface area contributed by atoms with E-state index in [4.69, 9.17) is 9.47 Å². The SMILES string of the molecule is COc1cc(N2CCn3cc(-c4ccc(SC)cc4)cc3C2=O)ccc1OCC(C)(C)O. The number of hydrogen-bond acceptors (Lipinski definition) is 5. The maximum absolute atomic E-state index is 13.3. The second-order valence-corrected chi connectivity index (χ2v) is 9.31. The topological polar surface area (TPSA) is 63.9 Å². The van der Waals surface area contributed by atoms with E-state index in [0.29, 0.717) is 30.3 Å². The number of ether oxygens (including phenoxy) is 2. The Bertz CT molecular complexity index is 1120. The van der Waals surface area contributed by atoms with Crippen molar-refractivity contribution in [2.45, 2.75) is 30.9 Å². The van der Waals surface area contributed by atoms with Crippen molar-refractivity contribution in [3.05, 3.63) is 60.4 Å². The summed E-state index contributed by atoms with van der Waals surface area (Å²) >= 11 is 1.71. The molecule has 7 heteroatoms. The molecule has 2 aromatic carbocycles. The number of anilines is 1. The lowest BCUT2D eigenvalue weighted by Crippen LogP contribution is -2.39. The molecule has 1 aromatic heterocycles. The van der Waals surface area contributed by atoms with Crippen LogP contribution in [0.4, 0.5) is 5.69 Å². The zero-order valence-corrected chi connectivity index (χ0v) is 19.6. The fraction of sp³-hybridized carbons (Fsp3) is 0.320. The van der Waals surface area contributed by atoms with Gasteiger partial charge in [0.05, 0.1) is 12.7 Å². The summed E-state index contributed by atoms with van der Waals surface area (Å²) in [7, 11) is 1.56. The van der Waals surface area contributed by atoms with E-state index in [-0.39, 0.29) is 12.5 Å². The number of carbonyl (C=O) groups excluding carboxylic acids is 1. The number of carbonyl (C=O) groups is 1. The van der Waals surface area contributed by atoms with Gasteiger partial charge >= 0.3 is 0 Å². The normalized spacial score (nSPS) is 13.8. The number of aliphatic hydroxyl groups is 1. The molecular formula is C25H28N2O4S. The summed E-state index contributed by atoms with van der Waals surface area (Å²) in [6, 6.07) is 15.8. The Morgan fingerprint density at radius 3 is 2.44 bits per heavy atom. The van der Waals surface area contributed by atoms with Crippen molar-refractivity contribution in [3.8, 4) is 22.6 Å². The summed E-state index contributed by atoms with van der Waals surface area (Å²) in [4.78, 5) is 16.3. The van der Waals surface area contributed by atoms with Crippen molar-refractivity contribution in [1.29, 1.82) is 0 Å². The van der Waals surface area contributed by atoms with Crippen LogP contribution in [0.2, 0.25) is 0 Å². The van der Waals surface area contributed by atoms with Crippen LogP contribution < -0.4 is 14.4 Å². The van der Waals surface area contributed by atoms with E-state index in [1.54, 1.807) is 49.8 Å². The maximum atomic E-state index is 13.3. The van der Waals surface area contributed by atoms with E-state index in [0.717, 1.165) is 16.8 Å². The van der Waals surface area contributed by atoms with E-state index in [1.165, 1.54) is 4.90 Å². The highest BCUT2D eigenvalue weighted by Crippen LogP contribution is 2.34. The minimum atomic E-state index is -0.953. The molecule has 6 nitrogen and oxygen atoms in total. The predicted octanol–water partition coefficient (Wildman–Crippen LogP) is 4.70. The second kappa shape index (κ2) is 8.92. The van der Waals surface area contributed by atoms with Crippen LogP contribution >= 0.6 is 11.8 Å². The Balaban J connectivity index is 1.57. The van der Waals surface area contributed by atoms with E-state index >= 15 is 0 Å². The molecule has 4 rings (SSSR count). The van der Waals surface area contributed by atoms with Crippen molar-refractivity contribution < 1.29 is 19.4 Å². The van der Waals surface area contributed by atoms with Crippen molar-refractivity contribution in [2.24, 2.45) is 0 Å². The Labute approximate surface area is 192 Å². The minimum absolute atomic E-state index is 0.0459. The summed E-state index contributed by atoms with van der Waals surface area (Å²) in [6.45, 7) is 4.78. The molecule has 0 saturated carbocycles. The van der Waals surface area contributed by atoms with Gasteiger partial charge in [-0.05, 0) is 56.0 Å². The van der Waals surface area contributed by atoms with Gasteiger partial charge in [0.25, 0.3) is 5.91 Å². The molecule has 1 amide bonds. The smallest absolute Gasteiger partial charge is 0.274 e. The quantitative estimate of drug-likeness (QED) is 0.527. The molecule has 3 aromatic rings. The first-order valence-corrected chi connectivity index (χ1v) is 11.7. The van der Waals surface area contributed by atoms with Crippen molar-refractivity contribution in [1.82, 2.24) is 4.57 Å². The van der Waals surface area contributed by atoms with E-state index in [9.17, 15) is 9.90 Å². The maximum Gasteiger partial charge on any atom is 0.274 e. The van der Waals surface area contributed by atoms with Gasteiger partial charge < -0.3 is 24.0 Å². The highest BCUT2D eigenvalue weighted by Gasteiger charge is 2.27. The third-order valence-corrected chi connectivity index (χ3v) is 6.13. The molecule has 2 heterocycles. The molecule has 0 fully saturated rings. The first kappa shape index (κ1) is 22.3. The van der Waals surface area contributed by atoms with Gasteiger partial charge in [0.15, 0.2) is 11.5 Å². The fourth-order valence-electron chi connectivity index (χ4n) is 3.71. The average molecular weight is 453 g/mol. The summed E-state index contributed by atoms with van der Waals surface area (Å²) in [6.07, 6.45) is 4.10. The number of hydrogen-bond donors (Lipinski definition) is 1. The zero-order chi connectivity index (χ0) is 22.9. The van der Waals surface area contributed by atoms with Gasteiger partial charge in [-0.1, -0.05) is 12.1 Å². The number of amides is 1. The van der Waals surface area contributed by atoms with Gasteiger partial charge in [0.1, 0.15) is 12.3 Å². The van der Waals surface area contributed by atoms with Crippen LogP contribution in [0.1, 0.15) is 24.3 Å². The minimum Gasteiger partial charge on any atom is -0.493 e. The summed E-state index contributed by atoms with van der Waals surface area (Å²) in [5, 5.41) is 9.92. The predicted molar refractivity (Wildman–Crippen MR) is 128 cm³/mol. The van der Waals surface area contributed by atoms with E-state index in [2.05, 4.69) is 30.5 Å². The summed E-state index contributed by atoms with van der Waals surface area (Å²) in [5.41, 5.74) is 2.60. The van der Waals surface area contributed by atoms with Gasteiger partial charge in [0.2, 0.25) is 0 Å². The Morgan fingerprint density at radius 2 is 1.78 bits per heavy atom. The zero-order valence-electron chi connectivity index (χ0n) is 18.8. The monoisotopic (exact) mass is 452 g/mol. The molecule has 1 aliphatic heterocycles. The summed E-state index contributed by atoms with van der Waals surface area (Å²) < 4.78 is 13.2. The van der Waals surface area contributed by atoms with Gasteiger partial charge in [-0.2, -0.15) is 0 Å². The van der Waals surface area contributed by atoms with Gasteiger partial charge in [-0.25, -0.2) is 0 Å². The number of aromatic nitrogens is 1. The number of nitrogens with zero attached hydrogens (tertiary/aromatic N) is 2. The molecule has 1 aliphatic rings. The van der Waals surface area contributed by atoms with Crippen LogP contribution in [-0.2, 0) is 6.54 Å². The molecule has 0 unspecified atom stereocenters. The molecule has 0 aliphatic carbocycles. The molecule has 0 atom stereocenters. The number of benzene rings is 2. The Morgan fingerprint density at radius 1 is 1.03 bits per heavy atom. The molecule has 0 saturated heterocycles. The third kappa shape index (κ3) is 4.64. The average Bonchev–Trinajstić information content (AvgIpc) is 3.23. The molecular weight excluding hydrogens is 424 g/mol. The third-order valence-electron chi connectivity index (χ3n) is 5.39. The number of methoxy groups -OCH3 is 1. The molecule has 0 bridgehead atoms. The van der Waals surface area contributed by atoms with Crippen LogP contribution in [-0.4, -0.2) is 47.7 Å². The number of fused-ring (bicyclic) bond motifs is 1. The molecule has 0 spiro atoms. The van der Waals surface area contributed by atoms with Crippen molar-refractivity contribution >= 4 is 23.4 Å². The first-order chi connectivity index (χ1) is 15.3.